The average molecular weight is 352 g/mol. The van der Waals surface area contributed by atoms with Crippen LogP contribution in [0.1, 0.15) is 43.5 Å². The Kier molecular flexibility index (Phi) is 6.10. The lowest BCUT2D eigenvalue weighted by molar-refractivity contribution is 0.102. The monoisotopic (exact) mass is 352 g/mol. The van der Waals surface area contributed by atoms with Gasteiger partial charge in [0.2, 0.25) is 0 Å². The third-order valence-electron chi connectivity index (χ3n) is 4.94. The number of hydrogen-bond donors (Lipinski definition) is 1. The molecule has 26 heavy (non-hydrogen) atoms. The van der Waals surface area contributed by atoms with Crippen LogP contribution in [0.4, 0.5) is 17.2 Å². The number of aromatic nitrogens is 1. The first-order valence-corrected chi connectivity index (χ1v) is 9.58. The SMILES string of the molecule is CCN(CC)c1ccc(C(=O)Nc2ccc(N3CCCCC3)cc2)cn1. The molecule has 1 aromatic heterocycles. The normalized spacial score (nSPS) is 14.2. The molecule has 0 bridgehead atoms. The van der Waals surface area contributed by atoms with Gasteiger partial charge in [-0.05, 0) is 69.5 Å². The van der Waals surface area contributed by atoms with Gasteiger partial charge in [-0.25, -0.2) is 4.98 Å². The number of pyridine rings is 1. The predicted molar refractivity (Wildman–Crippen MR) is 108 cm³/mol. The van der Waals surface area contributed by atoms with Crippen molar-refractivity contribution in [3.63, 3.8) is 0 Å². The van der Waals surface area contributed by atoms with Gasteiger partial charge in [0.05, 0.1) is 5.56 Å². The van der Waals surface area contributed by atoms with Crippen LogP contribution in [0.3, 0.4) is 0 Å². The molecule has 2 aromatic rings. The second-order valence-corrected chi connectivity index (χ2v) is 6.63. The molecule has 1 amide bonds. The smallest absolute Gasteiger partial charge is 0.257 e. The fourth-order valence-corrected chi connectivity index (χ4v) is 3.37. The van der Waals surface area contributed by atoms with E-state index in [2.05, 4.69) is 46.1 Å². The van der Waals surface area contributed by atoms with Crippen molar-refractivity contribution >= 4 is 23.1 Å². The average Bonchev–Trinajstić information content (AvgIpc) is 2.71. The second-order valence-electron chi connectivity index (χ2n) is 6.63. The van der Waals surface area contributed by atoms with Crippen LogP contribution >= 0.6 is 0 Å². The molecular formula is C21H28N4O. The summed E-state index contributed by atoms with van der Waals surface area (Å²) in [4.78, 5) is 21.4. The highest BCUT2D eigenvalue weighted by molar-refractivity contribution is 6.04. The van der Waals surface area contributed by atoms with Gasteiger partial charge in [0.15, 0.2) is 0 Å². The number of rotatable bonds is 6. The Morgan fingerprint density at radius 3 is 2.31 bits per heavy atom. The van der Waals surface area contributed by atoms with Gasteiger partial charge in [0, 0.05) is 43.8 Å². The van der Waals surface area contributed by atoms with Crippen LogP contribution in [0.15, 0.2) is 42.6 Å². The summed E-state index contributed by atoms with van der Waals surface area (Å²) in [5, 5.41) is 2.95. The summed E-state index contributed by atoms with van der Waals surface area (Å²) in [6, 6.07) is 11.9. The minimum Gasteiger partial charge on any atom is -0.372 e. The molecule has 1 aliphatic rings. The Labute approximate surface area is 156 Å². The van der Waals surface area contributed by atoms with Crippen molar-refractivity contribution in [2.45, 2.75) is 33.1 Å². The molecule has 2 heterocycles. The first-order valence-electron chi connectivity index (χ1n) is 9.58. The minimum absolute atomic E-state index is 0.130. The molecule has 138 valence electrons. The van der Waals surface area contributed by atoms with Crippen molar-refractivity contribution in [1.82, 2.24) is 4.98 Å². The number of amides is 1. The van der Waals surface area contributed by atoms with Crippen LogP contribution in [0.25, 0.3) is 0 Å². The third-order valence-corrected chi connectivity index (χ3v) is 4.94. The number of hydrogen-bond acceptors (Lipinski definition) is 4. The van der Waals surface area contributed by atoms with Crippen LogP contribution < -0.4 is 15.1 Å². The fourth-order valence-electron chi connectivity index (χ4n) is 3.37. The summed E-state index contributed by atoms with van der Waals surface area (Å²) in [6.07, 6.45) is 5.49. The molecule has 1 aromatic carbocycles. The van der Waals surface area contributed by atoms with E-state index in [1.807, 2.05) is 24.3 Å². The molecule has 0 atom stereocenters. The fraction of sp³-hybridized carbons (Fsp3) is 0.429. The summed E-state index contributed by atoms with van der Waals surface area (Å²) >= 11 is 0. The molecule has 5 heteroatoms. The Bertz CT molecular complexity index is 702. The van der Waals surface area contributed by atoms with Crippen molar-refractivity contribution in [3.8, 4) is 0 Å². The highest BCUT2D eigenvalue weighted by Gasteiger charge is 2.12. The summed E-state index contributed by atoms with van der Waals surface area (Å²) in [5.41, 5.74) is 2.61. The van der Waals surface area contributed by atoms with Gasteiger partial charge in [-0.3, -0.25) is 4.79 Å². The van der Waals surface area contributed by atoms with Crippen LogP contribution in [-0.4, -0.2) is 37.1 Å². The summed E-state index contributed by atoms with van der Waals surface area (Å²) in [6.45, 7) is 8.24. The van der Waals surface area contributed by atoms with E-state index in [9.17, 15) is 4.79 Å². The molecule has 0 unspecified atom stereocenters. The summed E-state index contributed by atoms with van der Waals surface area (Å²) in [5.74, 6) is 0.770. The zero-order chi connectivity index (χ0) is 18.4. The maximum Gasteiger partial charge on any atom is 0.257 e. The number of carbonyl (C=O) groups is 1. The Hall–Kier alpha value is -2.56. The maximum atomic E-state index is 12.4. The predicted octanol–water partition coefficient (Wildman–Crippen LogP) is 4.17. The van der Waals surface area contributed by atoms with Gasteiger partial charge in [-0.15, -0.1) is 0 Å². The molecule has 1 saturated heterocycles. The number of anilines is 3. The number of piperidine rings is 1. The van der Waals surface area contributed by atoms with E-state index in [4.69, 9.17) is 0 Å². The molecule has 1 N–H and O–H groups in total. The zero-order valence-corrected chi connectivity index (χ0v) is 15.7. The minimum atomic E-state index is -0.130. The molecule has 0 aliphatic carbocycles. The molecule has 1 fully saturated rings. The molecule has 0 saturated carbocycles. The van der Waals surface area contributed by atoms with E-state index in [1.54, 1.807) is 6.20 Å². The topological polar surface area (TPSA) is 48.5 Å². The molecule has 3 rings (SSSR count). The van der Waals surface area contributed by atoms with E-state index < -0.39 is 0 Å². The van der Waals surface area contributed by atoms with Crippen LogP contribution in [0, 0.1) is 0 Å². The molecule has 0 spiro atoms. The molecule has 0 radical (unpaired) electrons. The van der Waals surface area contributed by atoms with Gasteiger partial charge in [0.1, 0.15) is 5.82 Å². The van der Waals surface area contributed by atoms with E-state index in [-0.39, 0.29) is 5.91 Å². The van der Waals surface area contributed by atoms with Gasteiger partial charge < -0.3 is 15.1 Å². The zero-order valence-electron chi connectivity index (χ0n) is 15.7. The van der Waals surface area contributed by atoms with Crippen molar-refractivity contribution in [2.75, 3.05) is 41.3 Å². The Balaban J connectivity index is 1.62. The van der Waals surface area contributed by atoms with Crippen LogP contribution in [0.2, 0.25) is 0 Å². The number of nitrogens with one attached hydrogen (secondary N) is 1. The van der Waals surface area contributed by atoms with Gasteiger partial charge in [0.25, 0.3) is 5.91 Å². The van der Waals surface area contributed by atoms with Gasteiger partial charge in [-0.1, -0.05) is 0 Å². The quantitative estimate of drug-likeness (QED) is 0.848. The highest BCUT2D eigenvalue weighted by Crippen LogP contribution is 2.22. The second kappa shape index (κ2) is 8.70. The largest absolute Gasteiger partial charge is 0.372 e. The van der Waals surface area contributed by atoms with Gasteiger partial charge in [-0.2, -0.15) is 0 Å². The lowest BCUT2D eigenvalue weighted by atomic mass is 10.1. The number of benzene rings is 1. The van der Waals surface area contributed by atoms with Crippen molar-refractivity contribution in [1.29, 1.82) is 0 Å². The van der Waals surface area contributed by atoms with Crippen LogP contribution in [-0.2, 0) is 0 Å². The van der Waals surface area contributed by atoms with Crippen molar-refractivity contribution in [2.24, 2.45) is 0 Å². The van der Waals surface area contributed by atoms with E-state index in [1.165, 1.54) is 24.9 Å². The first-order chi connectivity index (χ1) is 12.7. The lowest BCUT2D eigenvalue weighted by Gasteiger charge is -2.28. The summed E-state index contributed by atoms with van der Waals surface area (Å²) in [7, 11) is 0. The lowest BCUT2D eigenvalue weighted by Crippen LogP contribution is -2.29. The molecule has 1 aliphatic heterocycles. The van der Waals surface area contributed by atoms with Crippen molar-refractivity contribution < 1.29 is 4.79 Å². The molecular weight excluding hydrogens is 324 g/mol. The molecule has 5 nitrogen and oxygen atoms in total. The first kappa shape index (κ1) is 18.2. The number of nitrogens with zero attached hydrogens (tertiary/aromatic N) is 3. The maximum absolute atomic E-state index is 12.4. The van der Waals surface area contributed by atoms with E-state index in [0.717, 1.165) is 37.7 Å². The highest BCUT2D eigenvalue weighted by atomic mass is 16.1. The van der Waals surface area contributed by atoms with Crippen LogP contribution in [0.5, 0.6) is 0 Å². The third kappa shape index (κ3) is 4.34. The van der Waals surface area contributed by atoms with Gasteiger partial charge >= 0.3 is 0 Å². The summed E-state index contributed by atoms with van der Waals surface area (Å²) < 4.78 is 0. The number of carbonyl (C=O) groups excluding carboxylic acids is 1. The van der Waals surface area contributed by atoms with E-state index >= 15 is 0 Å². The Morgan fingerprint density at radius 2 is 1.73 bits per heavy atom. The van der Waals surface area contributed by atoms with Crippen molar-refractivity contribution in [3.05, 3.63) is 48.2 Å². The standard InChI is InChI=1S/C21H28N4O/c1-3-24(4-2)20-13-8-17(16-22-20)21(26)23-18-9-11-19(12-10-18)25-14-6-5-7-15-25/h8-13,16H,3-7,14-15H2,1-2H3,(H,23,26). The Morgan fingerprint density at radius 1 is 1.04 bits per heavy atom. The van der Waals surface area contributed by atoms with E-state index in [0.29, 0.717) is 5.56 Å².